The number of aryl methyl sites for hydroxylation is 1. The van der Waals surface area contributed by atoms with Gasteiger partial charge in [-0.05, 0) is 12.1 Å². The van der Waals surface area contributed by atoms with Crippen molar-refractivity contribution in [3.63, 3.8) is 0 Å². The van der Waals surface area contributed by atoms with Crippen molar-refractivity contribution in [2.75, 3.05) is 0 Å². The maximum Gasteiger partial charge on any atom is 0.297 e. The first-order chi connectivity index (χ1) is 11.5. The minimum atomic E-state index is -0.470. The van der Waals surface area contributed by atoms with Gasteiger partial charge in [-0.15, -0.1) is 6.42 Å². The standard InChI is InChI=1S/C15H11N5O3S/c1-3-8-19-11-5-4-10(20(22)23)9-13(11)24-15(19)17-14(21)12-6-7-16-18(12)2/h1,4-7,9H,8H2,2H3. The van der Waals surface area contributed by atoms with Gasteiger partial charge >= 0.3 is 0 Å². The molecule has 0 atom stereocenters. The van der Waals surface area contributed by atoms with E-state index in [2.05, 4.69) is 16.0 Å². The van der Waals surface area contributed by atoms with E-state index in [1.54, 1.807) is 23.7 Å². The van der Waals surface area contributed by atoms with Crippen LogP contribution in [0, 0.1) is 22.5 Å². The quantitative estimate of drug-likeness (QED) is 0.412. The number of carbonyl (C=O) groups excluding carboxylic acids is 1. The minimum absolute atomic E-state index is 0.0267. The smallest absolute Gasteiger partial charge is 0.297 e. The van der Waals surface area contributed by atoms with Crippen LogP contribution >= 0.6 is 11.3 Å². The number of thiazole rings is 1. The molecule has 1 amide bonds. The molecule has 120 valence electrons. The zero-order valence-electron chi connectivity index (χ0n) is 12.5. The molecule has 2 aromatic heterocycles. The number of amides is 1. The van der Waals surface area contributed by atoms with E-state index < -0.39 is 10.8 Å². The van der Waals surface area contributed by atoms with E-state index in [-0.39, 0.29) is 12.2 Å². The van der Waals surface area contributed by atoms with Crippen LogP contribution in [0.25, 0.3) is 10.2 Å². The Hall–Kier alpha value is -3.25. The van der Waals surface area contributed by atoms with Crippen molar-refractivity contribution in [3.8, 4) is 12.3 Å². The van der Waals surface area contributed by atoms with Gasteiger partial charge in [0.25, 0.3) is 11.6 Å². The molecule has 0 saturated heterocycles. The van der Waals surface area contributed by atoms with Crippen LogP contribution in [0.4, 0.5) is 5.69 Å². The van der Waals surface area contributed by atoms with E-state index in [0.717, 1.165) is 0 Å². The van der Waals surface area contributed by atoms with Crippen molar-refractivity contribution in [3.05, 3.63) is 51.1 Å². The summed E-state index contributed by atoms with van der Waals surface area (Å²) in [5, 5.41) is 14.9. The van der Waals surface area contributed by atoms with Crippen LogP contribution in [0.15, 0.2) is 35.5 Å². The monoisotopic (exact) mass is 341 g/mol. The molecule has 0 aliphatic heterocycles. The lowest BCUT2D eigenvalue weighted by atomic mass is 10.3. The first kappa shape index (κ1) is 15.6. The van der Waals surface area contributed by atoms with Gasteiger partial charge in [-0.3, -0.25) is 19.6 Å². The highest BCUT2D eigenvalue weighted by Gasteiger charge is 2.14. The van der Waals surface area contributed by atoms with Crippen LogP contribution < -0.4 is 4.80 Å². The normalized spacial score (nSPS) is 11.6. The van der Waals surface area contributed by atoms with Gasteiger partial charge in [0, 0.05) is 25.4 Å². The van der Waals surface area contributed by atoms with Crippen LogP contribution in [0.5, 0.6) is 0 Å². The molecular weight excluding hydrogens is 330 g/mol. The predicted octanol–water partition coefficient (Wildman–Crippen LogP) is 1.72. The largest absolute Gasteiger partial charge is 0.305 e. The first-order valence-corrected chi connectivity index (χ1v) is 7.61. The molecule has 8 nitrogen and oxygen atoms in total. The molecule has 2 heterocycles. The summed E-state index contributed by atoms with van der Waals surface area (Å²) in [7, 11) is 1.65. The summed E-state index contributed by atoms with van der Waals surface area (Å²) < 4.78 is 3.74. The van der Waals surface area contributed by atoms with E-state index in [1.807, 2.05) is 0 Å². The molecule has 3 aromatic rings. The van der Waals surface area contributed by atoms with Crippen molar-refractivity contribution >= 4 is 33.1 Å². The number of carbonyl (C=O) groups is 1. The number of benzene rings is 1. The molecule has 3 rings (SSSR count). The summed E-state index contributed by atoms with van der Waals surface area (Å²) >= 11 is 1.17. The summed E-state index contributed by atoms with van der Waals surface area (Å²) in [5.74, 6) is 2.05. The van der Waals surface area contributed by atoms with Crippen molar-refractivity contribution in [1.82, 2.24) is 14.3 Å². The predicted molar refractivity (Wildman–Crippen MR) is 88.4 cm³/mol. The van der Waals surface area contributed by atoms with Gasteiger partial charge in [0.1, 0.15) is 5.69 Å². The fourth-order valence-electron chi connectivity index (χ4n) is 2.23. The lowest BCUT2D eigenvalue weighted by molar-refractivity contribution is -0.384. The molecule has 0 fully saturated rings. The van der Waals surface area contributed by atoms with Crippen molar-refractivity contribution in [1.29, 1.82) is 0 Å². The van der Waals surface area contributed by atoms with Crippen molar-refractivity contribution < 1.29 is 9.72 Å². The number of hydrogen-bond acceptors (Lipinski definition) is 5. The average Bonchev–Trinajstić information content (AvgIpc) is 3.11. The molecule has 9 heteroatoms. The lowest BCUT2D eigenvalue weighted by Gasteiger charge is -1.99. The fourth-order valence-corrected chi connectivity index (χ4v) is 3.29. The Morgan fingerprint density at radius 3 is 2.92 bits per heavy atom. The topological polar surface area (TPSA) is 95.3 Å². The van der Waals surface area contributed by atoms with Gasteiger partial charge in [-0.25, -0.2) is 0 Å². The van der Waals surface area contributed by atoms with Gasteiger partial charge in [-0.2, -0.15) is 10.1 Å². The molecule has 0 spiro atoms. The van der Waals surface area contributed by atoms with Crippen LogP contribution in [0.1, 0.15) is 10.5 Å². The maximum atomic E-state index is 12.3. The Bertz CT molecular complexity index is 1070. The zero-order valence-corrected chi connectivity index (χ0v) is 13.4. The van der Waals surface area contributed by atoms with Crippen LogP contribution in [-0.2, 0) is 13.6 Å². The Morgan fingerprint density at radius 1 is 1.50 bits per heavy atom. The molecule has 0 radical (unpaired) electrons. The molecule has 0 saturated carbocycles. The number of nitro benzene ring substituents is 1. The summed E-state index contributed by atoms with van der Waals surface area (Å²) in [5.41, 5.74) is 1.01. The van der Waals surface area contributed by atoms with Gasteiger partial charge in [0.15, 0.2) is 4.80 Å². The number of aromatic nitrogens is 3. The van der Waals surface area contributed by atoms with Crippen LogP contribution in [-0.4, -0.2) is 25.2 Å². The third-order valence-electron chi connectivity index (χ3n) is 3.36. The van der Waals surface area contributed by atoms with Gasteiger partial charge in [-0.1, -0.05) is 17.3 Å². The number of rotatable bonds is 3. The number of terminal acetylenes is 1. The van der Waals surface area contributed by atoms with E-state index in [9.17, 15) is 14.9 Å². The van der Waals surface area contributed by atoms with Gasteiger partial charge < -0.3 is 4.57 Å². The lowest BCUT2D eigenvalue weighted by Crippen LogP contribution is -2.17. The highest BCUT2D eigenvalue weighted by molar-refractivity contribution is 7.16. The van der Waals surface area contributed by atoms with E-state index in [0.29, 0.717) is 20.7 Å². The highest BCUT2D eigenvalue weighted by Crippen LogP contribution is 2.23. The third-order valence-corrected chi connectivity index (χ3v) is 4.40. The maximum absolute atomic E-state index is 12.3. The minimum Gasteiger partial charge on any atom is -0.305 e. The van der Waals surface area contributed by atoms with Crippen LogP contribution in [0.2, 0.25) is 0 Å². The SMILES string of the molecule is C#CCn1c(=NC(=O)c2ccnn2C)sc2cc([N+](=O)[O-])ccc21. The van der Waals surface area contributed by atoms with Crippen molar-refractivity contribution in [2.24, 2.45) is 12.0 Å². The summed E-state index contributed by atoms with van der Waals surface area (Å²) in [6, 6.07) is 6.01. The number of nitro groups is 1. The average molecular weight is 341 g/mol. The second-order valence-corrected chi connectivity index (χ2v) is 5.85. The molecule has 0 bridgehead atoms. The number of hydrogen-bond donors (Lipinski definition) is 0. The number of nitrogens with zero attached hydrogens (tertiary/aromatic N) is 5. The van der Waals surface area contributed by atoms with E-state index >= 15 is 0 Å². The molecular formula is C15H11N5O3S. The number of fused-ring (bicyclic) bond motifs is 1. The second kappa shape index (κ2) is 6.10. The molecule has 1 aromatic carbocycles. The van der Waals surface area contributed by atoms with Gasteiger partial charge in [0.2, 0.25) is 0 Å². The Morgan fingerprint density at radius 2 is 2.29 bits per heavy atom. The van der Waals surface area contributed by atoms with Crippen molar-refractivity contribution in [2.45, 2.75) is 6.54 Å². The Labute approximate surface area is 139 Å². The van der Waals surface area contributed by atoms with E-state index in [4.69, 9.17) is 6.42 Å². The summed E-state index contributed by atoms with van der Waals surface area (Å²) in [6.07, 6.45) is 6.90. The highest BCUT2D eigenvalue weighted by atomic mass is 32.1. The third kappa shape index (κ3) is 2.70. The van der Waals surface area contributed by atoms with Crippen LogP contribution in [0.3, 0.4) is 0 Å². The molecule has 0 aliphatic carbocycles. The molecule has 24 heavy (non-hydrogen) atoms. The molecule has 0 aliphatic rings. The summed E-state index contributed by atoms with van der Waals surface area (Å²) in [6.45, 7) is 0.204. The number of non-ortho nitro benzene ring substituents is 1. The second-order valence-electron chi connectivity index (χ2n) is 4.84. The first-order valence-electron chi connectivity index (χ1n) is 6.79. The Kier molecular flexibility index (Phi) is 3.97. The zero-order chi connectivity index (χ0) is 17.3. The fraction of sp³-hybridized carbons (Fsp3) is 0.133. The molecule has 0 unspecified atom stereocenters. The van der Waals surface area contributed by atoms with Gasteiger partial charge in [0.05, 0.1) is 21.7 Å². The summed E-state index contributed by atoms with van der Waals surface area (Å²) in [4.78, 5) is 27.2. The molecule has 0 N–H and O–H groups in total. The Balaban J connectivity index is 2.19. The van der Waals surface area contributed by atoms with E-state index in [1.165, 1.54) is 34.3 Å².